The van der Waals surface area contributed by atoms with Crippen LogP contribution >= 0.6 is 0 Å². The summed E-state index contributed by atoms with van der Waals surface area (Å²) in [6.07, 6.45) is 1.70. The van der Waals surface area contributed by atoms with Crippen molar-refractivity contribution in [2.24, 2.45) is 5.41 Å². The number of aliphatic carboxylic acids is 2. The first kappa shape index (κ1) is 15.4. The summed E-state index contributed by atoms with van der Waals surface area (Å²) in [6.45, 7) is 2.89. The molecule has 0 aromatic heterocycles. The molecule has 5 nitrogen and oxygen atoms in total. The van der Waals surface area contributed by atoms with E-state index in [1.807, 2.05) is 0 Å². The van der Waals surface area contributed by atoms with Crippen LogP contribution in [-0.2, 0) is 9.59 Å². The third kappa shape index (κ3) is 2.74. The molecule has 0 radical (unpaired) electrons. The Morgan fingerprint density at radius 3 is 2.24 bits per heavy atom. The minimum atomic E-state index is -1.35. The number of rotatable bonds is 3. The van der Waals surface area contributed by atoms with Crippen molar-refractivity contribution in [1.82, 2.24) is 0 Å². The summed E-state index contributed by atoms with van der Waals surface area (Å²) in [5.41, 5.74) is -0.990. The Kier molecular flexibility index (Phi) is 4.65. The number of carboxylic acids is 2. The highest BCUT2D eigenvalue weighted by Gasteiger charge is 2.42. The molecule has 5 heteroatoms. The van der Waals surface area contributed by atoms with Crippen LogP contribution in [0.1, 0.15) is 27.7 Å². The SMILES string of the molecule is C.CC(O)C1=CC=C(C(=O)O)CC1(C)C(=O)O. The van der Waals surface area contributed by atoms with Crippen molar-refractivity contribution < 1.29 is 24.9 Å². The Hall–Kier alpha value is -1.62. The molecule has 0 bridgehead atoms. The fraction of sp³-hybridized carbons (Fsp3) is 0.500. The second-order valence-corrected chi connectivity index (χ2v) is 4.11. The number of carboxylic acid groups (broad SMARTS) is 2. The van der Waals surface area contributed by atoms with Gasteiger partial charge in [0.05, 0.1) is 11.5 Å². The Morgan fingerprint density at radius 2 is 1.88 bits per heavy atom. The van der Waals surface area contributed by atoms with E-state index in [-0.39, 0.29) is 19.4 Å². The van der Waals surface area contributed by atoms with Gasteiger partial charge in [0.15, 0.2) is 0 Å². The van der Waals surface area contributed by atoms with E-state index < -0.39 is 23.5 Å². The molecule has 0 saturated heterocycles. The molecule has 3 N–H and O–H groups in total. The van der Waals surface area contributed by atoms with Gasteiger partial charge in [0, 0.05) is 5.57 Å². The van der Waals surface area contributed by atoms with E-state index in [1.54, 1.807) is 0 Å². The van der Waals surface area contributed by atoms with Gasteiger partial charge in [-0.3, -0.25) is 4.79 Å². The minimum absolute atomic E-state index is 0. The van der Waals surface area contributed by atoms with Crippen LogP contribution in [0.3, 0.4) is 0 Å². The van der Waals surface area contributed by atoms with Gasteiger partial charge in [-0.25, -0.2) is 4.79 Å². The number of aliphatic hydroxyl groups is 1. The molecule has 0 spiro atoms. The number of hydrogen-bond acceptors (Lipinski definition) is 3. The molecule has 0 aromatic rings. The van der Waals surface area contributed by atoms with Crippen LogP contribution in [-0.4, -0.2) is 33.4 Å². The normalized spacial score (nSPS) is 25.1. The van der Waals surface area contributed by atoms with Gasteiger partial charge < -0.3 is 15.3 Å². The fourth-order valence-electron chi connectivity index (χ4n) is 1.86. The van der Waals surface area contributed by atoms with Crippen LogP contribution in [0, 0.1) is 5.41 Å². The van der Waals surface area contributed by atoms with E-state index in [9.17, 15) is 14.7 Å². The third-order valence-electron chi connectivity index (χ3n) is 2.84. The van der Waals surface area contributed by atoms with Crippen LogP contribution in [0.5, 0.6) is 0 Å². The lowest BCUT2D eigenvalue weighted by atomic mass is 9.72. The maximum Gasteiger partial charge on any atom is 0.331 e. The molecule has 0 amide bonds. The Bertz CT molecular complexity index is 392. The average molecular weight is 242 g/mol. The van der Waals surface area contributed by atoms with Crippen molar-refractivity contribution >= 4 is 11.9 Å². The molecule has 0 aliphatic heterocycles. The lowest BCUT2D eigenvalue weighted by molar-refractivity contribution is -0.146. The largest absolute Gasteiger partial charge is 0.481 e. The molecular weight excluding hydrogens is 224 g/mol. The highest BCUT2D eigenvalue weighted by Crippen LogP contribution is 2.39. The van der Waals surface area contributed by atoms with Crippen LogP contribution in [0.4, 0.5) is 0 Å². The molecule has 0 heterocycles. The summed E-state index contributed by atoms with van der Waals surface area (Å²) < 4.78 is 0. The summed E-state index contributed by atoms with van der Waals surface area (Å²) >= 11 is 0. The van der Waals surface area contributed by atoms with Crippen molar-refractivity contribution in [3.8, 4) is 0 Å². The first-order chi connectivity index (χ1) is 7.29. The minimum Gasteiger partial charge on any atom is -0.481 e. The van der Waals surface area contributed by atoms with Crippen molar-refractivity contribution in [2.75, 3.05) is 0 Å². The molecular formula is C12H18O5. The lowest BCUT2D eigenvalue weighted by Crippen LogP contribution is -2.37. The highest BCUT2D eigenvalue weighted by atomic mass is 16.4. The summed E-state index contributed by atoms with van der Waals surface area (Å²) in [6, 6.07) is 0. The van der Waals surface area contributed by atoms with Crippen molar-refractivity contribution in [1.29, 1.82) is 0 Å². The number of allylic oxidation sites excluding steroid dienone is 2. The van der Waals surface area contributed by atoms with Crippen LogP contribution in [0.25, 0.3) is 0 Å². The van der Waals surface area contributed by atoms with Crippen molar-refractivity contribution in [2.45, 2.75) is 33.8 Å². The monoisotopic (exact) mass is 242 g/mol. The molecule has 2 atom stereocenters. The molecule has 96 valence electrons. The second kappa shape index (κ2) is 5.14. The van der Waals surface area contributed by atoms with Gasteiger partial charge >= 0.3 is 11.9 Å². The number of hydrogen-bond donors (Lipinski definition) is 3. The van der Waals surface area contributed by atoms with E-state index >= 15 is 0 Å². The Morgan fingerprint density at radius 1 is 1.35 bits per heavy atom. The molecule has 1 aliphatic rings. The predicted octanol–water partition coefficient (Wildman–Crippen LogP) is 1.44. The summed E-state index contributed by atoms with van der Waals surface area (Å²) in [5.74, 6) is -2.26. The Balaban J connectivity index is 0.00000256. The molecule has 17 heavy (non-hydrogen) atoms. The smallest absolute Gasteiger partial charge is 0.331 e. The van der Waals surface area contributed by atoms with Gasteiger partial charge in [-0.15, -0.1) is 0 Å². The molecule has 0 fully saturated rings. The second-order valence-electron chi connectivity index (χ2n) is 4.11. The number of aliphatic hydroxyl groups excluding tert-OH is 1. The van der Waals surface area contributed by atoms with E-state index in [2.05, 4.69) is 0 Å². The third-order valence-corrected chi connectivity index (χ3v) is 2.84. The van der Waals surface area contributed by atoms with E-state index in [0.29, 0.717) is 5.57 Å². The summed E-state index contributed by atoms with van der Waals surface area (Å²) in [4.78, 5) is 22.0. The molecule has 0 aromatic carbocycles. The molecule has 1 rings (SSSR count). The van der Waals surface area contributed by atoms with Gasteiger partial charge in [0.1, 0.15) is 0 Å². The van der Waals surface area contributed by atoms with E-state index in [0.717, 1.165) is 0 Å². The zero-order valence-electron chi connectivity index (χ0n) is 9.10. The first-order valence-electron chi connectivity index (χ1n) is 4.85. The maximum atomic E-state index is 11.2. The zero-order chi connectivity index (χ0) is 12.5. The molecule has 2 unspecified atom stereocenters. The summed E-state index contributed by atoms with van der Waals surface area (Å²) in [7, 11) is 0. The topological polar surface area (TPSA) is 94.8 Å². The van der Waals surface area contributed by atoms with Gasteiger partial charge in [0.25, 0.3) is 0 Å². The van der Waals surface area contributed by atoms with Gasteiger partial charge in [0.2, 0.25) is 0 Å². The van der Waals surface area contributed by atoms with E-state index in [1.165, 1.54) is 26.0 Å². The molecule has 0 saturated carbocycles. The molecule has 1 aliphatic carbocycles. The van der Waals surface area contributed by atoms with Gasteiger partial charge in [-0.2, -0.15) is 0 Å². The van der Waals surface area contributed by atoms with Crippen LogP contribution in [0.15, 0.2) is 23.3 Å². The quantitative estimate of drug-likeness (QED) is 0.696. The number of carbonyl (C=O) groups is 2. The summed E-state index contributed by atoms with van der Waals surface area (Å²) in [5, 5.41) is 27.4. The standard InChI is InChI=1S/C11H14O5.CH4/c1-6(12)8-4-3-7(9(13)14)5-11(8,2)10(15)16;/h3-4,6,12H,5H2,1-2H3,(H,13,14)(H,15,16);1H4. The van der Waals surface area contributed by atoms with Crippen LogP contribution < -0.4 is 0 Å². The van der Waals surface area contributed by atoms with Crippen molar-refractivity contribution in [3.05, 3.63) is 23.3 Å². The first-order valence-corrected chi connectivity index (χ1v) is 4.85. The van der Waals surface area contributed by atoms with E-state index in [4.69, 9.17) is 10.2 Å². The maximum absolute atomic E-state index is 11.2. The fourth-order valence-corrected chi connectivity index (χ4v) is 1.86. The highest BCUT2D eigenvalue weighted by molar-refractivity contribution is 5.90. The lowest BCUT2D eigenvalue weighted by Gasteiger charge is -2.32. The van der Waals surface area contributed by atoms with Crippen LogP contribution in [0.2, 0.25) is 0 Å². The van der Waals surface area contributed by atoms with Gasteiger partial charge in [-0.1, -0.05) is 19.6 Å². The predicted molar refractivity (Wildman–Crippen MR) is 62.6 cm³/mol. The average Bonchev–Trinajstić information content (AvgIpc) is 2.16. The van der Waals surface area contributed by atoms with Gasteiger partial charge in [-0.05, 0) is 25.8 Å². The zero-order valence-corrected chi connectivity index (χ0v) is 9.10. The Labute approximate surface area is 100 Å². The van der Waals surface area contributed by atoms with Crippen molar-refractivity contribution in [3.63, 3.8) is 0 Å².